The van der Waals surface area contributed by atoms with Crippen molar-refractivity contribution in [1.82, 2.24) is 0 Å². The fourth-order valence-electron chi connectivity index (χ4n) is 0.998. The van der Waals surface area contributed by atoms with Gasteiger partial charge >= 0.3 is 5.97 Å². The molecule has 0 aliphatic carbocycles. The standard InChI is InChI=1S/C9H12.C4H7NO2/c1-7-5-4-6-8(2)9(7)3;1-3(2)4(6)7-5/h4-6H,1-3H3;1,5H2,2H3. The fourth-order valence-corrected chi connectivity index (χ4v) is 0.998. The molecule has 0 saturated heterocycles. The molecule has 2 N–H and O–H groups in total. The first-order chi connectivity index (χ1) is 7.40. The van der Waals surface area contributed by atoms with E-state index in [9.17, 15) is 4.79 Å². The quantitative estimate of drug-likeness (QED) is 0.585. The maximum atomic E-state index is 10.1. The third kappa shape index (κ3) is 4.75. The summed E-state index contributed by atoms with van der Waals surface area (Å²) in [5, 5.41) is 0. The van der Waals surface area contributed by atoms with Crippen LogP contribution >= 0.6 is 0 Å². The van der Waals surface area contributed by atoms with E-state index in [1.807, 2.05) is 0 Å². The Bertz CT molecular complexity index is 363. The van der Waals surface area contributed by atoms with E-state index >= 15 is 0 Å². The first kappa shape index (κ1) is 14.4. The van der Waals surface area contributed by atoms with E-state index < -0.39 is 5.97 Å². The Morgan fingerprint density at radius 1 is 1.25 bits per heavy atom. The summed E-state index contributed by atoms with van der Waals surface area (Å²) in [5.41, 5.74) is 4.49. The van der Waals surface area contributed by atoms with Crippen LogP contribution in [-0.2, 0) is 9.63 Å². The Kier molecular flexibility index (Phi) is 6.11. The monoisotopic (exact) mass is 221 g/mol. The molecule has 0 fully saturated rings. The van der Waals surface area contributed by atoms with E-state index in [0.717, 1.165) is 0 Å². The number of aryl methyl sites for hydroxylation is 2. The topological polar surface area (TPSA) is 52.3 Å². The van der Waals surface area contributed by atoms with Crippen LogP contribution in [0.3, 0.4) is 0 Å². The van der Waals surface area contributed by atoms with Crippen molar-refractivity contribution in [3.63, 3.8) is 0 Å². The molecule has 0 spiro atoms. The fraction of sp³-hybridized carbons (Fsp3) is 0.308. The third-order valence-electron chi connectivity index (χ3n) is 2.33. The zero-order valence-corrected chi connectivity index (χ0v) is 10.3. The molecule has 0 aliphatic rings. The summed E-state index contributed by atoms with van der Waals surface area (Å²) in [6, 6.07) is 6.38. The van der Waals surface area contributed by atoms with Gasteiger partial charge < -0.3 is 4.84 Å². The third-order valence-corrected chi connectivity index (χ3v) is 2.33. The van der Waals surface area contributed by atoms with Crippen molar-refractivity contribution in [3.8, 4) is 0 Å². The molecular formula is C13H19NO2. The van der Waals surface area contributed by atoms with Crippen LogP contribution < -0.4 is 5.90 Å². The van der Waals surface area contributed by atoms with Gasteiger partial charge in [-0.1, -0.05) is 24.8 Å². The molecule has 1 rings (SSSR count). The molecule has 3 heteroatoms. The van der Waals surface area contributed by atoms with E-state index in [-0.39, 0.29) is 0 Å². The lowest BCUT2D eigenvalue weighted by Gasteiger charge is -2.00. The first-order valence-electron chi connectivity index (χ1n) is 4.99. The second-order valence-corrected chi connectivity index (χ2v) is 3.70. The molecule has 1 aromatic rings. The molecule has 0 heterocycles. The van der Waals surface area contributed by atoms with Crippen molar-refractivity contribution >= 4 is 5.97 Å². The smallest absolute Gasteiger partial charge is 0.351 e. The van der Waals surface area contributed by atoms with Crippen molar-refractivity contribution < 1.29 is 9.63 Å². The molecule has 0 atom stereocenters. The molecule has 0 aromatic heterocycles. The van der Waals surface area contributed by atoms with Crippen LogP contribution in [0.5, 0.6) is 0 Å². The summed E-state index contributed by atoms with van der Waals surface area (Å²) < 4.78 is 0. The van der Waals surface area contributed by atoms with E-state index in [1.165, 1.54) is 23.6 Å². The van der Waals surface area contributed by atoms with E-state index in [4.69, 9.17) is 0 Å². The van der Waals surface area contributed by atoms with Crippen molar-refractivity contribution in [2.24, 2.45) is 5.90 Å². The Morgan fingerprint density at radius 3 is 1.88 bits per heavy atom. The van der Waals surface area contributed by atoms with Gasteiger partial charge in [0.05, 0.1) is 0 Å². The number of rotatable bonds is 1. The van der Waals surface area contributed by atoms with Gasteiger partial charge in [0.25, 0.3) is 0 Å². The molecular weight excluding hydrogens is 202 g/mol. The minimum Gasteiger partial charge on any atom is -0.370 e. The molecule has 0 amide bonds. The van der Waals surface area contributed by atoms with Crippen LogP contribution in [0, 0.1) is 20.8 Å². The molecule has 88 valence electrons. The summed E-state index contributed by atoms with van der Waals surface area (Å²) >= 11 is 0. The van der Waals surface area contributed by atoms with Gasteiger partial charge in [-0.2, -0.15) is 5.90 Å². The van der Waals surface area contributed by atoms with Crippen LogP contribution in [0.1, 0.15) is 23.6 Å². The number of hydrogen-bond donors (Lipinski definition) is 1. The lowest BCUT2D eigenvalue weighted by molar-refractivity contribution is -0.139. The number of nitrogens with two attached hydrogens (primary N) is 1. The number of hydrogen-bond acceptors (Lipinski definition) is 3. The summed E-state index contributed by atoms with van der Waals surface area (Å²) in [6.45, 7) is 11.2. The van der Waals surface area contributed by atoms with Crippen molar-refractivity contribution in [2.45, 2.75) is 27.7 Å². The minimum absolute atomic E-state index is 0.308. The van der Waals surface area contributed by atoms with Gasteiger partial charge in [0.1, 0.15) is 0 Å². The lowest BCUT2D eigenvalue weighted by Crippen LogP contribution is -2.09. The van der Waals surface area contributed by atoms with Gasteiger partial charge in [0, 0.05) is 5.57 Å². The largest absolute Gasteiger partial charge is 0.370 e. The molecule has 3 nitrogen and oxygen atoms in total. The highest BCUT2D eigenvalue weighted by Gasteiger charge is 1.96. The van der Waals surface area contributed by atoms with Crippen LogP contribution in [0.25, 0.3) is 0 Å². The van der Waals surface area contributed by atoms with Gasteiger partial charge in [0.2, 0.25) is 0 Å². The molecule has 0 aliphatic heterocycles. The van der Waals surface area contributed by atoms with Gasteiger partial charge in [0.15, 0.2) is 0 Å². The summed E-state index contributed by atoms with van der Waals surface area (Å²) in [5.74, 6) is 3.89. The van der Waals surface area contributed by atoms with Gasteiger partial charge in [-0.25, -0.2) is 4.79 Å². The molecule has 1 aromatic carbocycles. The van der Waals surface area contributed by atoms with Crippen molar-refractivity contribution in [3.05, 3.63) is 47.0 Å². The van der Waals surface area contributed by atoms with Crippen LogP contribution in [0.15, 0.2) is 30.4 Å². The second-order valence-electron chi connectivity index (χ2n) is 3.70. The van der Waals surface area contributed by atoms with Crippen LogP contribution in [-0.4, -0.2) is 5.97 Å². The Balaban J connectivity index is 0.000000293. The maximum Gasteiger partial charge on any atom is 0.351 e. The average molecular weight is 221 g/mol. The molecule has 0 radical (unpaired) electrons. The highest BCUT2D eigenvalue weighted by atomic mass is 16.7. The number of benzene rings is 1. The maximum absolute atomic E-state index is 10.1. The average Bonchev–Trinajstić information content (AvgIpc) is 2.25. The number of carbonyl (C=O) groups excluding carboxylic acids is 1. The molecule has 16 heavy (non-hydrogen) atoms. The molecule has 0 saturated carbocycles. The summed E-state index contributed by atoms with van der Waals surface area (Å²) in [4.78, 5) is 13.8. The Hall–Kier alpha value is -1.61. The zero-order valence-electron chi connectivity index (χ0n) is 10.3. The second kappa shape index (κ2) is 6.80. The SMILES string of the molecule is C=C(C)C(=O)ON.Cc1cccc(C)c1C. The highest BCUT2D eigenvalue weighted by Crippen LogP contribution is 2.09. The van der Waals surface area contributed by atoms with E-state index in [1.54, 1.807) is 0 Å². The zero-order chi connectivity index (χ0) is 12.7. The Morgan fingerprint density at radius 2 is 1.69 bits per heavy atom. The Labute approximate surface area is 96.9 Å². The molecule has 0 unspecified atom stereocenters. The van der Waals surface area contributed by atoms with Crippen molar-refractivity contribution in [1.29, 1.82) is 0 Å². The summed E-state index contributed by atoms with van der Waals surface area (Å²) in [6.07, 6.45) is 0. The van der Waals surface area contributed by atoms with Gasteiger partial charge in [-0.15, -0.1) is 0 Å². The predicted octanol–water partition coefficient (Wildman–Crippen LogP) is 2.59. The van der Waals surface area contributed by atoms with E-state index in [0.29, 0.717) is 5.57 Å². The summed E-state index contributed by atoms with van der Waals surface area (Å²) in [7, 11) is 0. The van der Waals surface area contributed by atoms with Gasteiger partial charge in [-0.3, -0.25) is 0 Å². The highest BCUT2D eigenvalue weighted by molar-refractivity contribution is 5.86. The molecule has 0 bridgehead atoms. The van der Waals surface area contributed by atoms with E-state index in [2.05, 4.69) is 56.3 Å². The predicted molar refractivity (Wildman–Crippen MR) is 65.7 cm³/mol. The van der Waals surface area contributed by atoms with Crippen molar-refractivity contribution in [2.75, 3.05) is 0 Å². The number of carbonyl (C=O) groups is 1. The van der Waals surface area contributed by atoms with Gasteiger partial charge in [-0.05, 0) is 44.4 Å². The minimum atomic E-state index is -0.569. The van der Waals surface area contributed by atoms with Crippen LogP contribution in [0.4, 0.5) is 0 Å². The normalized spacial score (nSPS) is 8.81. The van der Waals surface area contributed by atoms with Crippen LogP contribution in [0.2, 0.25) is 0 Å². The lowest BCUT2D eigenvalue weighted by atomic mass is 10.1. The first-order valence-corrected chi connectivity index (χ1v) is 4.99.